The number of H-pyrrole nitrogens is 1. The molecular weight excluding hydrogens is 326 g/mol. The quantitative estimate of drug-likeness (QED) is 0.466. The van der Waals surface area contributed by atoms with E-state index in [1.807, 2.05) is 18.3 Å². The molecule has 0 radical (unpaired) electrons. The van der Waals surface area contributed by atoms with Gasteiger partial charge in [0.05, 0.1) is 21.8 Å². The van der Waals surface area contributed by atoms with Crippen LogP contribution in [0.3, 0.4) is 0 Å². The first-order valence-corrected chi connectivity index (χ1v) is 7.16. The van der Waals surface area contributed by atoms with Gasteiger partial charge in [-0.25, -0.2) is 13.2 Å². The van der Waals surface area contributed by atoms with E-state index in [-0.39, 0.29) is 11.3 Å². The van der Waals surface area contributed by atoms with Crippen LogP contribution in [0.4, 0.5) is 14.5 Å². The van der Waals surface area contributed by atoms with Crippen molar-refractivity contribution in [3.63, 3.8) is 0 Å². The van der Waals surface area contributed by atoms with Gasteiger partial charge in [0.1, 0.15) is 17.7 Å². The van der Waals surface area contributed by atoms with Crippen LogP contribution in [-0.4, -0.2) is 9.36 Å². The zero-order chi connectivity index (χ0) is 16.1. The van der Waals surface area contributed by atoms with Gasteiger partial charge in [0, 0.05) is 23.4 Å². The summed E-state index contributed by atoms with van der Waals surface area (Å²) in [4.78, 5) is 5.20. The van der Waals surface area contributed by atoms with Crippen molar-refractivity contribution in [1.29, 1.82) is 5.26 Å². The van der Waals surface area contributed by atoms with Crippen LogP contribution in [0, 0.1) is 23.0 Å². The summed E-state index contributed by atoms with van der Waals surface area (Å²) in [5, 5.41) is 8.24. The van der Waals surface area contributed by atoms with Crippen molar-refractivity contribution < 1.29 is 8.78 Å². The van der Waals surface area contributed by atoms with Crippen LogP contribution in [0.2, 0.25) is 0 Å². The van der Waals surface area contributed by atoms with E-state index in [2.05, 4.69) is 22.0 Å². The summed E-state index contributed by atoms with van der Waals surface area (Å²) in [7, 11) is 0. The maximum absolute atomic E-state index is 12.6. The van der Waals surface area contributed by atoms with Gasteiger partial charge in [0.2, 0.25) is 0 Å². The Morgan fingerprint density at radius 2 is 2.05 bits per heavy atom. The lowest BCUT2D eigenvalue weighted by atomic mass is 10.2. The van der Waals surface area contributed by atoms with Gasteiger partial charge in [-0.15, -0.1) is 12.6 Å². The number of nitrogen functional groups attached to an aromatic ring is 1. The second kappa shape index (κ2) is 7.06. The Morgan fingerprint density at radius 3 is 2.59 bits per heavy atom. The highest BCUT2D eigenvalue weighted by Gasteiger charge is 2.05. The van der Waals surface area contributed by atoms with E-state index in [1.165, 1.54) is 17.6 Å². The van der Waals surface area contributed by atoms with Crippen molar-refractivity contribution in [2.45, 2.75) is 4.90 Å². The standard InChI is InChI=1S/C7H4F2N2.C7H6N2S2/c8-5-2-7(11)6(9)1-4(5)3-10;10-5-3-6(8-4-5)7-1-2-9-11-7/h1-2H,11H2;1-4,8,10H. The summed E-state index contributed by atoms with van der Waals surface area (Å²) in [6, 6.07) is 7.01. The predicted molar refractivity (Wildman–Crippen MR) is 84.6 cm³/mol. The largest absolute Gasteiger partial charge is 0.396 e. The van der Waals surface area contributed by atoms with E-state index in [9.17, 15) is 8.78 Å². The number of nitrogens with zero attached hydrogens (tertiary/aromatic N) is 2. The van der Waals surface area contributed by atoms with E-state index in [0.717, 1.165) is 27.6 Å². The van der Waals surface area contributed by atoms with Crippen LogP contribution in [0.1, 0.15) is 5.56 Å². The molecule has 2 heterocycles. The minimum atomic E-state index is -0.800. The Bertz CT molecular complexity index is 807. The molecule has 0 amide bonds. The van der Waals surface area contributed by atoms with Gasteiger partial charge in [-0.2, -0.15) is 5.26 Å². The molecule has 0 fully saturated rings. The number of thiol groups is 1. The van der Waals surface area contributed by atoms with Gasteiger partial charge in [-0.3, -0.25) is 0 Å². The number of aromatic amines is 1. The molecular formula is C14H10F2N4S2. The molecule has 3 rings (SSSR count). The molecule has 0 aliphatic heterocycles. The average Bonchev–Trinajstić information content (AvgIpc) is 3.14. The molecule has 112 valence electrons. The normalized spacial score (nSPS) is 9.73. The number of halogens is 2. The Hall–Kier alpha value is -2.37. The second-order valence-corrected chi connectivity index (χ2v) is 5.46. The molecule has 3 N–H and O–H groups in total. The third-order valence-electron chi connectivity index (χ3n) is 2.58. The third-order valence-corrected chi connectivity index (χ3v) is 3.62. The van der Waals surface area contributed by atoms with E-state index in [1.54, 1.807) is 6.20 Å². The highest BCUT2D eigenvalue weighted by atomic mass is 32.1. The van der Waals surface area contributed by atoms with Crippen LogP contribution in [-0.2, 0) is 0 Å². The number of nitrogens with one attached hydrogen (secondary N) is 1. The van der Waals surface area contributed by atoms with Crippen molar-refractivity contribution in [3.05, 3.63) is 53.9 Å². The molecule has 1 aromatic carbocycles. The van der Waals surface area contributed by atoms with Gasteiger partial charge >= 0.3 is 0 Å². The summed E-state index contributed by atoms with van der Waals surface area (Å²) in [5.41, 5.74) is 5.47. The first-order chi connectivity index (χ1) is 10.5. The molecule has 0 bridgehead atoms. The highest BCUT2D eigenvalue weighted by molar-refractivity contribution is 7.80. The molecule has 2 aromatic heterocycles. The average molecular weight is 336 g/mol. The SMILES string of the molecule is N#Cc1cc(F)c(N)cc1F.Sc1c[nH]c(-c2ccns2)c1. The fourth-order valence-corrected chi connectivity index (χ4v) is 2.29. The van der Waals surface area contributed by atoms with E-state index in [0.29, 0.717) is 0 Å². The third kappa shape index (κ3) is 3.84. The maximum Gasteiger partial charge on any atom is 0.147 e. The molecule has 0 atom stereocenters. The van der Waals surface area contributed by atoms with E-state index in [4.69, 9.17) is 11.0 Å². The van der Waals surface area contributed by atoms with Gasteiger partial charge in [-0.1, -0.05) is 0 Å². The zero-order valence-electron chi connectivity index (χ0n) is 11.0. The van der Waals surface area contributed by atoms with Crippen LogP contribution in [0.15, 0.2) is 41.6 Å². The number of aromatic nitrogens is 2. The van der Waals surface area contributed by atoms with Crippen molar-refractivity contribution in [2.24, 2.45) is 0 Å². The number of rotatable bonds is 1. The topological polar surface area (TPSA) is 78.5 Å². The number of anilines is 1. The molecule has 22 heavy (non-hydrogen) atoms. The Kier molecular flexibility index (Phi) is 5.14. The first-order valence-electron chi connectivity index (χ1n) is 5.94. The number of nitriles is 1. The minimum Gasteiger partial charge on any atom is -0.396 e. The fraction of sp³-hybridized carbons (Fsp3) is 0. The number of benzene rings is 1. The van der Waals surface area contributed by atoms with E-state index >= 15 is 0 Å². The summed E-state index contributed by atoms with van der Waals surface area (Å²) in [6.45, 7) is 0. The molecule has 0 aliphatic rings. The zero-order valence-corrected chi connectivity index (χ0v) is 12.8. The summed E-state index contributed by atoms with van der Waals surface area (Å²) < 4.78 is 29.1. The molecule has 3 aromatic rings. The molecule has 4 nitrogen and oxygen atoms in total. The van der Waals surface area contributed by atoms with Gasteiger partial charge < -0.3 is 10.7 Å². The number of nitrogens with two attached hydrogens (primary N) is 1. The van der Waals surface area contributed by atoms with Gasteiger partial charge in [0.15, 0.2) is 0 Å². The molecule has 0 saturated carbocycles. The number of hydrogen-bond donors (Lipinski definition) is 3. The Morgan fingerprint density at radius 1 is 1.27 bits per heavy atom. The van der Waals surface area contributed by atoms with Crippen molar-refractivity contribution >= 4 is 29.8 Å². The smallest absolute Gasteiger partial charge is 0.147 e. The Labute approximate surface area is 134 Å². The summed E-state index contributed by atoms with van der Waals surface area (Å²) >= 11 is 5.66. The van der Waals surface area contributed by atoms with Crippen LogP contribution >= 0.6 is 24.2 Å². The van der Waals surface area contributed by atoms with Crippen molar-refractivity contribution in [3.8, 4) is 16.6 Å². The molecule has 0 aliphatic carbocycles. The lowest BCUT2D eigenvalue weighted by Crippen LogP contribution is -1.94. The lowest BCUT2D eigenvalue weighted by Gasteiger charge is -1.96. The molecule has 0 spiro atoms. The second-order valence-electron chi connectivity index (χ2n) is 4.11. The first kappa shape index (κ1) is 16.0. The summed E-state index contributed by atoms with van der Waals surface area (Å²) in [5.74, 6) is -1.57. The Balaban J connectivity index is 0.000000160. The van der Waals surface area contributed by atoms with Crippen LogP contribution < -0.4 is 5.73 Å². The fourth-order valence-electron chi connectivity index (χ4n) is 1.53. The molecule has 0 unspecified atom stereocenters. The monoisotopic (exact) mass is 336 g/mol. The molecule has 0 saturated heterocycles. The highest BCUT2D eigenvalue weighted by Crippen LogP contribution is 2.23. The van der Waals surface area contributed by atoms with Gasteiger partial charge in [-0.05, 0) is 29.7 Å². The van der Waals surface area contributed by atoms with Crippen molar-refractivity contribution in [1.82, 2.24) is 9.36 Å². The maximum atomic E-state index is 12.6. The summed E-state index contributed by atoms with van der Waals surface area (Å²) in [6.07, 6.45) is 3.65. The van der Waals surface area contributed by atoms with Gasteiger partial charge in [0.25, 0.3) is 0 Å². The predicted octanol–water partition coefficient (Wildman–Crippen LogP) is 3.85. The van der Waals surface area contributed by atoms with Crippen molar-refractivity contribution in [2.75, 3.05) is 5.73 Å². The minimum absolute atomic E-state index is 0.290. The lowest BCUT2D eigenvalue weighted by molar-refractivity contribution is 0.601. The van der Waals surface area contributed by atoms with Crippen LogP contribution in [0.25, 0.3) is 10.6 Å². The van der Waals surface area contributed by atoms with E-state index < -0.39 is 11.6 Å². The van der Waals surface area contributed by atoms with Crippen LogP contribution in [0.5, 0.6) is 0 Å². The number of hydrogen-bond acceptors (Lipinski definition) is 5. The molecule has 8 heteroatoms.